The zero-order valence-corrected chi connectivity index (χ0v) is 14.4. The lowest BCUT2D eigenvalue weighted by molar-refractivity contribution is -0.123. The van der Waals surface area contributed by atoms with Gasteiger partial charge in [0.1, 0.15) is 6.54 Å². The van der Waals surface area contributed by atoms with Crippen molar-refractivity contribution in [1.29, 1.82) is 0 Å². The molecule has 1 aliphatic heterocycles. The number of amides is 2. The molecule has 0 bridgehead atoms. The molecule has 5 heteroatoms. The molecule has 1 heterocycles. The highest BCUT2D eigenvalue weighted by Crippen LogP contribution is 2.33. The van der Waals surface area contributed by atoms with Gasteiger partial charge in [0, 0.05) is 23.6 Å². The summed E-state index contributed by atoms with van der Waals surface area (Å²) in [7, 11) is 0. The van der Waals surface area contributed by atoms with E-state index >= 15 is 0 Å². The third kappa shape index (κ3) is 3.97. The number of anilines is 1. The van der Waals surface area contributed by atoms with Gasteiger partial charge >= 0.3 is 0 Å². The minimum Gasteiger partial charge on any atom is -0.350 e. The highest BCUT2D eigenvalue weighted by Gasteiger charge is 2.24. The molecule has 0 unspecified atom stereocenters. The predicted molar refractivity (Wildman–Crippen MR) is 97.2 cm³/mol. The van der Waals surface area contributed by atoms with Crippen molar-refractivity contribution in [3.8, 4) is 0 Å². The third-order valence-corrected chi connectivity index (χ3v) is 5.01. The van der Waals surface area contributed by atoms with Crippen LogP contribution in [0.25, 0.3) is 0 Å². The topological polar surface area (TPSA) is 49.4 Å². The lowest BCUT2D eigenvalue weighted by atomic mass is 10.1. The van der Waals surface area contributed by atoms with E-state index in [2.05, 4.69) is 5.32 Å². The summed E-state index contributed by atoms with van der Waals surface area (Å²) in [5, 5.41) is 2.90. The Balaban J connectivity index is 1.66. The number of benzene rings is 2. The second kappa shape index (κ2) is 7.53. The summed E-state index contributed by atoms with van der Waals surface area (Å²) >= 11 is 1.66. The van der Waals surface area contributed by atoms with E-state index in [1.807, 2.05) is 55.5 Å². The zero-order valence-electron chi connectivity index (χ0n) is 13.6. The molecule has 24 heavy (non-hydrogen) atoms. The van der Waals surface area contributed by atoms with Crippen LogP contribution in [0.15, 0.2) is 53.4 Å². The van der Waals surface area contributed by atoms with Gasteiger partial charge in [-0.1, -0.05) is 42.0 Å². The fourth-order valence-electron chi connectivity index (χ4n) is 2.60. The Hall–Kier alpha value is -2.27. The monoisotopic (exact) mass is 340 g/mol. The van der Waals surface area contributed by atoms with Crippen molar-refractivity contribution in [2.75, 3.05) is 17.2 Å². The van der Waals surface area contributed by atoms with Crippen LogP contribution in [0.5, 0.6) is 0 Å². The van der Waals surface area contributed by atoms with Crippen LogP contribution in [0.2, 0.25) is 0 Å². The normalized spacial score (nSPS) is 14.0. The Labute approximate surface area is 146 Å². The molecule has 0 saturated carbocycles. The van der Waals surface area contributed by atoms with Crippen molar-refractivity contribution in [3.63, 3.8) is 0 Å². The third-order valence-electron chi connectivity index (χ3n) is 3.94. The van der Waals surface area contributed by atoms with Crippen molar-refractivity contribution in [2.24, 2.45) is 0 Å². The first-order valence-electron chi connectivity index (χ1n) is 7.98. The molecule has 1 aliphatic rings. The molecule has 0 radical (unpaired) electrons. The summed E-state index contributed by atoms with van der Waals surface area (Å²) in [5.74, 6) is 0.598. The van der Waals surface area contributed by atoms with Gasteiger partial charge in [0.05, 0.1) is 5.69 Å². The molecule has 0 atom stereocenters. The summed E-state index contributed by atoms with van der Waals surface area (Å²) in [4.78, 5) is 27.3. The van der Waals surface area contributed by atoms with Gasteiger partial charge in [-0.05, 0) is 24.6 Å². The fraction of sp³-hybridized carbons (Fsp3) is 0.263. The molecular formula is C19H20N2O2S. The first kappa shape index (κ1) is 16.6. The van der Waals surface area contributed by atoms with Crippen molar-refractivity contribution in [1.82, 2.24) is 5.32 Å². The van der Waals surface area contributed by atoms with E-state index in [1.54, 1.807) is 16.7 Å². The quantitative estimate of drug-likeness (QED) is 0.930. The van der Waals surface area contributed by atoms with Crippen LogP contribution >= 0.6 is 11.8 Å². The Morgan fingerprint density at radius 3 is 2.71 bits per heavy atom. The van der Waals surface area contributed by atoms with E-state index in [9.17, 15) is 9.59 Å². The summed E-state index contributed by atoms with van der Waals surface area (Å²) in [6.07, 6.45) is 0.449. The maximum Gasteiger partial charge on any atom is 0.240 e. The maximum absolute atomic E-state index is 12.4. The smallest absolute Gasteiger partial charge is 0.240 e. The molecule has 2 amide bonds. The van der Waals surface area contributed by atoms with Crippen LogP contribution in [0.4, 0.5) is 5.69 Å². The number of para-hydroxylation sites is 1. The van der Waals surface area contributed by atoms with Crippen molar-refractivity contribution in [3.05, 3.63) is 59.7 Å². The molecule has 0 aliphatic carbocycles. The molecule has 0 spiro atoms. The van der Waals surface area contributed by atoms with Gasteiger partial charge in [0.2, 0.25) is 11.8 Å². The Kier molecular flexibility index (Phi) is 5.20. The molecule has 4 nitrogen and oxygen atoms in total. The minimum absolute atomic E-state index is 0.00191. The number of aryl methyl sites for hydroxylation is 1. The van der Waals surface area contributed by atoms with Gasteiger partial charge in [0.25, 0.3) is 0 Å². The molecule has 0 aromatic heterocycles. The number of rotatable bonds is 4. The zero-order chi connectivity index (χ0) is 16.9. The SMILES string of the molecule is Cc1ccc(CNC(=O)CN2C(=O)CCSc3ccccc32)cc1. The molecule has 2 aromatic rings. The van der Waals surface area contributed by atoms with Gasteiger partial charge in [-0.2, -0.15) is 0 Å². The molecule has 1 N–H and O–H groups in total. The average Bonchev–Trinajstić information content (AvgIpc) is 2.74. The Morgan fingerprint density at radius 1 is 1.17 bits per heavy atom. The second-order valence-electron chi connectivity index (χ2n) is 5.81. The van der Waals surface area contributed by atoms with E-state index in [4.69, 9.17) is 0 Å². The van der Waals surface area contributed by atoms with Crippen molar-refractivity contribution >= 4 is 29.3 Å². The van der Waals surface area contributed by atoms with Crippen LogP contribution in [0.1, 0.15) is 17.5 Å². The number of fused-ring (bicyclic) bond motifs is 1. The molecule has 2 aromatic carbocycles. The van der Waals surface area contributed by atoms with Crippen LogP contribution in [0.3, 0.4) is 0 Å². The maximum atomic E-state index is 12.4. The Morgan fingerprint density at radius 2 is 1.92 bits per heavy atom. The second-order valence-corrected chi connectivity index (χ2v) is 6.95. The first-order valence-corrected chi connectivity index (χ1v) is 8.96. The number of hydrogen-bond donors (Lipinski definition) is 1. The summed E-state index contributed by atoms with van der Waals surface area (Å²) in [6, 6.07) is 15.8. The average molecular weight is 340 g/mol. The largest absolute Gasteiger partial charge is 0.350 e. The van der Waals surface area contributed by atoms with Crippen LogP contribution in [-0.2, 0) is 16.1 Å². The number of carbonyl (C=O) groups is 2. The van der Waals surface area contributed by atoms with E-state index < -0.39 is 0 Å². The van der Waals surface area contributed by atoms with E-state index in [0.29, 0.717) is 13.0 Å². The number of carbonyl (C=O) groups excluding carboxylic acids is 2. The molecule has 124 valence electrons. The molecular weight excluding hydrogens is 320 g/mol. The lowest BCUT2D eigenvalue weighted by Gasteiger charge is -2.22. The highest BCUT2D eigenvalue weighted by molar-refractivity contribution is 7.99. The van der Waals surface area contributed by atoms with Crippen molar-refractivity contribution < 1.29 is 9.59 Å². The first-order chi connectivity index (χ1) is 11.6. The number of nitrogens with zero attached hydrogens (tertiary/aromatic N) is 1. The van der Waals surface area contributed by atoms with Gasteiger partial charge in [-0.15, -0.1) is 11.8 Å². The minimum atomic E-state index is -0.148. The van der Waals surface area contributed by atoms with E-state index in [-0.39, 0.29) is 18.4 Å². The fourth-order valence-corrected chi connectivity index (χ4v) is 3.60. The lowest BCUT2D eigenvalue weighted by Crippen LogP contribution is -2.40. The highest BCUT2D eigenvalue weighted by atomic mass is 32.2. The number of hydrogen-bond acceptors (Lipinski definition) is 3. The summed E-state index contributed by atoms with van der Waals surface area (Å²) < 4.78 is 0. The van der Waals surface area contributed by atoms with Gasteiger partial charge < -0.3 is 10.2 Å². The van der Waals surface area contributed by atoms with Gasteiger partial charge in [-0.3, -0.25) is 9.59 Å². The van der Waals surface area contributed by atoms with E-state index in [1.165, 1.54) is 5.56 Å². The van der Waals surface area contributed by atoms with Crippen LogP contribution in [-0.4, -0.2) is 24.1 Å². The summed E-state index contributed by atoms with van der Waals surface area (Å²) in [6.45, 7) is 2.56. The molecule has 3 rings (SSSR count). The predicted octanol–water partition coefficient (Wildman–Crippen LogP) is 3.14. The van der Waals surface area contributed by atoms with Crippen LogP contribution < -0.4 is 10.2 Å². The number of thioether (sulfide) groups is 1. The molecule has 0 fully saturated rings. The number of nitrogens with one attached hydrogen (secondary N) is 1. The van der Waals surface area contributed by atoms with Gasteiger partial charge in [0.15, 0.2) is 0 Å². The van der Waals surface area contributed by atoms with E-state index in [0.717, 1.165) is 21.9 Å². The Bertz CT molecular complexity index is 743. The van der Waals surface area contributed by atoms with Gasteiger partial charge in [-0.25, -0.2) is 0 Å². The van der Waals surface area contributed by atoms with Crippen LogP contribution in [0, 0.1) is 6.92 Å². The summed E-state index contributed by atoms with van der Waals surface area (Å²) in [5.41, 5.74) is 3.07. The van der Waals surface area contributed by atoms with Crippen molar-refractivity contribution in [2.45, 2.75) is 24.8 Å². The molecule has 0 saturated heterocycles. The standard InChI is InChI=1S/C19H20N2O2S/c1-14-6-8-15(9-7-14)12-20-18(22)13-21-16-4-2-3-5-17(16)24-11-10-19(21)23/h2-9H,10-13H2,1H3,(H,20,22).